The molecule has 0 spiro atoms. The number of fused-ring (bicyclic) bond motifs is 1. The van der Waals surface area contributed by atoms with E-state index >= 15 is 0 Å². The molecular formula is C21H21N3O4S2. The van der Waals surface area contributed by atoms with Gasteiger partial charge in [0.1, 0.15) is 5.75 Å². The lowest BCUT2D eigenvalue weighted by Gasteiger charge is -2.29. The summed E-state index contributed by atoms with van der Waals surface area (Å²) >= 11 is 1.35. The Morgan fingerprint density at radius 2 is 1.97 bits per heavy atom. The van der Waals surface area contributed by atoms with Gasteiger partial charge in [-0.15, -0.1) is 11.3 Å². The third kappa shape index (κ3) is 4.17. The van der Waals surface area contributed by atoms with Crippen LogP contribution in [0.25, 0.3) is 11.3 Å². The molecule has 156 valence electrons. The normalized spacial score (nSPS) is 13.6. The van der Waals surface area contributed by atoms with Gasteiger partial charge in [-0.25, -0.2) is 13.4 Å². The number of benzene rings is 2. The third-order valence-corrected chi connectivity index (χ3v) is 6.87. The molecule has 0 radical (unpaired) electrons. The van der Waals surface area contributed by atoms with E-state index in [1.807, 2.05) is 29.6 Å². The van der Waals surface area contributed by atoms with E-state index in [1.165, 1.54) is 21.9 Å². The number of methoxy groups -OCH3 is 1. The standard InChI is InChI=1S/C21H21N3O4S2/c1-28-17-8-5-14(6-9-17)18-13-29-21(22-18)23-20(25)16-7-10-19-15(12-16)4-3-11-24(19)30(2,26)27/h5-10,12-13H,3-4,11H2,1-2H3,(H,22,23,25). The molecule has 0 saturated carbocycles. The highest BCUT2D eigenvalue weighted by molar-refractivity contribution is 7.92. The Kier molecular flexibility index (Phi) is 5.48. The number of thiazole rings is 1. The van der Waals surface area contributed by atoms with Crippen molar-refractivity contribution in [2.45, 2.75) is 12.8 Å². The summed E-state index contributed by atoms with van der Waals surface area (Å²) in [5, 5.41) is 5.22. The van der Waals surface area contributed by atoms with Gasteiger partial charge in [0.25, 0.3) is 5.91 Å². The number of anilines is 2. The van der Waals surface area contributed by atoms with E-state index in [1.54, 1.807) is 25.3 Å². The van der Waals surface area contributed by atoms with Crippen LogP contribution in [0.2, 0.25) is 0 Å². The molecule has 4 rings (SSSR count). The van der Waals surface area contributed by atoms with Crippen LogP contribution in [0.5, 0.6) is 5.75 Å². The minimum atomic E-state index is -3.33. The van der Waals surface area contributed by atoms with Crippen molar-refractivity contribution in [3.63, 3.8) is 0 Å². The zero-order valence-corrected chi connectivity index (χ0v) is 18.2. The number of amides is 1. The number of nitrogens with zero attached hydrogens (tertiary/aromatic N) is 2. The smallest absolute Gasteiger partial charge is 0.257 e. The predicted molar refractivity (Wildman–Crippen MR) is 119 cm³/mol. The van der Waals surface area contributed by atoms with Gasteiger partial charge in [0, 0.05) is 23.1 Å². The molecule has 0 atom stereocenters. The first kappa shape index (κ1) is 20.4. The van der Waals surface area contributed by atoms with E-state index in [0.29, 0.717) is 22.9 Å². The highest BCUT2D eigenvalue weighted by Gasteiger charge is 2.24. The Balaban J connectivity index is 1.51. The summed E-state index contributed by atoms with van der Waals surface area (Å²) < 4.78 is 30.6. The highest BCUT2D eigenvalue weighted by atomic mass is 32.2. The molecule has 1 N–H and O–H groups in total. The molecule has 1 aliphatic rings. The van der Waals surface area contributed by atoms with Crippen LogP contribution in [0.1, 0.15) is 22.3 Å². The molecule has 1 amide bonds. The van der Waals surface area contributed by atoms with Crippen molar-refractivity contribution in [2.24, 2.45) is 0 Å². The number of rotatable bonds is 5. The van der Waals surface area contributed by atoms with Crippen LogP contribution in [0, 0.1) is 0 Å². The average molecular weight is 444 g/mol. The van der Waals surface area contributed by atoms with Gasteiger partial charge >= 0.3 is 0 Å². The van der Waals surface area contributed by atoms with Crippen molar-refractivity contribution in [3.8, 4) is 17.0 Å². The number of carbonyl (C=O) groups excluding carboxylic acids is 1. The second-order valence-corrected chi connectivity index (χ2v) is 9.77. The number of aryl methyl sites for hydroxylation is 1. The van der Waals surface area contributed by atoms with E-state index in [4.69, 9.17) is 4.74 Å². The SMILES string of the molecule is COc1ccc(-c2csc(NC(=O)c3ccc4c(c3)CCCN4S(C)(=O)=O)n2)cc1. The molecule has 0 saturated heterocycles. The van der Waals surface area contributed by atoms with Gasteiger partial charge in [-0.1, -0.05) is 0 Å². The number of aromatic nitrogens is 1. The molecule has 7 nitrogen and oxygen atoms in total. The molecule has 1 aliphatic heterocycles. The largest absolute Gasteiger partial charge is 0.497 e. The predicted octanol–water partition coefficient (Wildman–Crippen LogP) is 3.78. The monoisotopic (exact) mass is 443 g/mol. The van der Waals surface area contributed by atoms with Crippen LogP contribution >= 0.6 is 11.3 Å². The van der Waals surface area contributed by atoms with Crippen LogP contribution < -0.4 is 14.4 Å². The number of sulfonamides is 1. The van der Waals surface area contributed by atoms with Crippen LogP contribution in [0.4, 0.5) is 10.8 Å². The van der Waals surface area contributed by atoms with Crippen molar-refractivity contribution in [1.82, 2.24) is 4.98 Å². The topological polar surface area (TPSA) is 88.6 Å². The number of hydrogen-bond donors (Lipinski definition) is 1. The Labute approximate surface area is 179 Å². The van der Waals surface area contributed by atoms with Gasteiger partial charge in [0.2, 0.25) is 10.0 Å². The lowest BCUT2D eigenvalue weighted by atomic mass is 10.0. The highest BCUT2D eigenvalue weighted by Crippen LogP contribution is 2.31. The summed E-state index contributed by atoms with van der Waals surface area (Å²) in [6.07, 6.45) is 2.66. The molecule has 0 aliphatic carbocycles. The van der Waals surface area contributed by atoms with Crippen LogP contribution in [0.15, 0.2) is 47.8 Å². The number of hydrogen-bond acceptors (Lipinski definition) is 6. The second-order valence-electron chi connectivity index (χ2n) is 7.00. The minimum Gasteiger partial charge on any atom is -0.497 e. The van der Waals surface area contributed by atoms with Gasteiger partial charge in [0.05, 0.1) is 24.7 Å². The first-order valence-electron chi connectivity index (χ1n) is 9.37. The quantitative estimate of drug-likeness (QED) is 0.648. The molecule has 0 fully saturated rings. The summed E-state index contributed by atoms with van der Waals surface area (Å²) in [7, 11) is -1.72. The molecule has 2 heterocycles. The fourth-order valence-electron chi connectivity index (χ4n) is 3.44. The van der Waals surface area contributed by atoms with E-state index in [-0.39, 0.29) is 5.91 Å². The van der Waals surface area contributed by atoms with Crippen molar-refractivity contribution in [3.05, 3.63) is 59.0 Å². The van der Waals surface area contributed by atoms with Crippen molar-refractivity contribution in [2.75, 3.05) is 29.5 Å². The number of nitrogens with one attached hydrogen (secondary N) is 1. The fourth-order valence-corrected chi connectivity index (χ4v) is 5.15. The van der Waals surface area contributed by atoms with E-state index in [2.05, 4.69) is 10.3 Å². The zero-order valence-electron chi connectivity index (χ0n) is 16.6. The molecule has 0 bridgehead atoms. The average Bonchev–Trinajstić information content (AvgIpc) is 3.20. The van der Waals surface area contributed by atoms with Gasteiger partial charge in [0.15, 0.2) is 5.13 Å². The molecule has 30 heavy (non-hydrogen) atoms. The Morgan fingerprint density at radius 3 is 2.67 bits per heavy atom. The fraction of sp³-hybridized carbons (Fsp3) is 0.238. The van der Waals surface area contributed by atoms with Crippen LogP contribution in [-0.2, 0) is 16.4 Å². The van der Waals surface area contributed by atoms with Gasteiger partial charge in [-0.3, -0.25) is 14.4 Å². The Hall–Kier alpha value is -2.91. The molecule has 0 unspecified atom stereocenters. The Morgan fingerprint density at radius 1 is 1.20 bits per heavy atom. The first-order chi connectivity index (χ1) is 14.3. The van der Waals surface area contributed by atoms with Crippen LogP contribution in [0.3, 0.4) is 0 Å². The first-order valence-corrected chi connectivity index (χ1v) is 12.1. The van der Waals surface area contributed by atoms with Crippen LogP contribution in [-0.4, -0.2) is 39.2 Å². The molecule has 2 aromatic carbocycles. The van der Waals surface area contributed by atoms with Gasteiger partial charge in [-0.2, -0.15) is 0 Å². The number of ether oxygens (including phenoxy) is 1. The Bertz CT molecular complexity index is 1190. The maximum Gasteiger partial charge on any atom is 0.257 e. The molecule has 1 aromatic heterocycles. The third-order valence-electron chi connectivity index (χ3n) is 4.93. The maximum absolute atomic E-state index is 12.7. The van der Waals surface area contributed by atoms with Crippen molar-refractivity contribution < 1.29 is 17.9 Å². The summed E-state index contributed by atoms with van der Waals surface area (Å²) in [4.78, 5) is 17.2. The summed E-state index contributed by atoms with van der Waals surface area (Å²) in [6, 6.07) is 12.7. The lowest BCUT2D eigenvalue weighted by molar-refractivity contribution is 0.102. The lowest BCUT2D eigenvalue weighted by Crippen LogP contribution is -2.34. The van der Waals surface area contributed by atoms with Gasteiger partial charge in [-0.05, 0) is 60.9 Å². The minimum absolute atomic E-state index is 0.273. The summed E-state index contributed by atoms with van der Waals surface area (Å²) in [5.41, 5.74) is 3.69. The van der Waals surface area contributed by atoms with E-state index in [9.17, 15) is 13.2 Å². The second kappa shape index (κ2) is 8.08. The summed E-state index contributed by atoms with van der Waals surface area (Å²) in [5.74, 6) is 0.495. The zero-order chi connectivity index (χ0) is 21.3. The molecular weight excluding hydrogens is 422 g/mol. The van der Waals surface area contributed by atoms with E-state index in [0.717, 1.165) is 35.4 Å². The van der Waals surface area contributed by atoms with Gasteiger partial charge < -0.3 is 4.74 Å². The van der Waals surface area contributed by atoms with Crippen molar-refractivity contribution in [1.29, 1.82) is 0 Å². The summed E-state index contributed by atoms with van der Waals surface area (Å²) in [6.45, 7) is 0.463. The number of carbonyl (C=O) groups is 1. The molecule has 9 heteroatoms. The van der Waals surface area contributed by atoms with E-state index < -0.39 is 10.0 Å². The van der Waals surface area contributed by atoms with Crippen molar-refractivity contribution >= 4 is 38.1 Å². The molecule has 3 aromatic rings. The maximum atomic E-state index is 12.7.